The van der Waals surface area contributed by atoms with E-state index >= 15 is 0 Å². The van der Waals surface area contributed by atoms with Crippen molar-refractivity contribution >= 4 is 0 Å². The van der Waals surface area contributed by atoms with Crippen molar-refractivity contribution in [3.05, 3.63) is 35.1 Å². The van der Waals surface area contributed by atoms with Crippen molar-refractivity contribution in [2.45, 2.75) is 13.0 Å². The minimum absolute atomic E-state index is 0.190. The minimum Gasteiger partial charge on any atom is -0.386 e. The number of methoxy groups -OCH3 is 1. The van der Waals surface area contributed by atoms with E-state index in [1.165, 1.54) is 12.1 Å². The van der Waals surface area contributed by atoms with Crippen molar-refractivity contribution in [2.24, 2.45) is 0 Å². The van der Waals surface area contributed by atoms with Crippen LogP contribution in [0.15, 0.2) is 18.2 Å². The first kappa shape index (κ1) is 13.1. The van der Waals surface area contributed by atoms with E-state index in [4.69, 9.17) is 9.47 Å². The van der Waals surface area contributed by atoms with Gasteiger partial charge in [-0.15, -0.1) is 0 Å². The summed E-state index contributed by atoms with van der Waals surface area (Å²) in [5, 5.41) is 9.80. The molecule has 0 bridgehead atoms. The summed E-state index contributed by atoms with van der Waals surface area (Å²) in [4.78, 5) is 0. The Balaban J connectivity index is 2.49. The zero-order chi connectivity index (χ0) is 12.0. The van der Waals surface area contributed by atoms with Crippen LogP contribution >= 0.6 is 0 Å². The van der Waals surface area contributed by atoms with Crippen LogP contribution in [0.1, 0.15) is 17.2 Å². The van der Waals surface area contributed by atoms with Crippen LogP contribution in [0.25, 0.3) is 0 Å². The van der Waals surface area contributed by atoms with Gasteiger partial charge in [0.2, 0.25) is 0 Å². The summed E-state index contributed by atoms with van der Waals surface area (Å²) in [6.45, 7) is 2.88. The summed E-state index contributed by atoms with van der Waals surface area (Å²) in [5.74, 6) is -0.297. The molecule has 1 aromatic rings. The Bertz CT molecular complexity index is 328. The predicted molar refractivity (Wildman–Crippen MR) is 58.8 cm³/mol. The molecule has 1 aromatic carbocycles. The van der Waals surface area contributed by atoms with Gasteiger partial charge in [0.15, 0.2) is 0 Å². The monoisotopic (exact) mass is 228 g/mol. The Hall–Kier alpha value is -0.970. The highest BCUT2D eigenvalue weighted by Crippen LogP contribution is 2.18. The average Bonchev–Trinajstić information content (AvgIpc) is 2.24. The molecule has 0 saturated heterocycles. The fourth-order valence-corrected chi connectivity index (χ4v) is 1.44. The van der Waals surface area contributed by atoms with E-state index in [-0.39, 0.29) is 12.4 Å². The fraction of sp³-hybridized carbons (Fsp3) is 0.500. The van der Waals surface area contributed by atoms with Gasteiger partial charge in [-0.3, -0.25) is 0 Å². The zero-order valence-electron chi connectivity index (χ0n) is 9.57. The second-order valence-corrected chi connectivity index (χ2v) is 3.58. The molecule has 0 aliphatic heterocycles. The Morgan fingerprint density at radius 1 is 1.38 bits per heavy atom. The van der Waals surface area contributed by atoms with E-state index in [0.29, 0.717) is 18.8 Å². The van der Waals surface area contributed by atoms with Gasteiger partial charge in [0.25, 0.3) is 0 Å². The van der Waals surface area contributed by atoms with Crippen LogP contribution in [0.3, 0.4) is 0 Å². The molecule has 0 heterocycles. The smallest absolute Gasteiger partial charge is 0.123 e. The van der Waals surface area contributed by atoms with Crippen LogP contribution in [-0.4, -0.2) is 32.0 Å². The number of aliphatic hydroxyl groups excluding tert-OH is 1. The first-order valence-electron chi connectivity index (χ1n) is 5.16. The van der Waals surface area contributed by atoms with Gasteiger partial charge in [0.1, 0.15) is 11.9 Å². The molecule has 1 atom stereocenters. The lowest BCUT2D eigenvalue weighted by Crippen LogP contribution is -2.11. The van der Waals surface area contributed by atoms with Gasteiger partial charge in [0.05, 0.1) is 19.8 Å². The SMILES string of the molecule is COCCOCC(O)c1ccc(F)cc1C. The first-order chi connectivity index (χ1) is 7.65. The van der Waals surface area contributed by atoms with Gasteiger partial charge < -0.3 is 14.6 Å². The maximum atomic E-state index is 12.8. The summed E-state index contributed by atoms with van der Waals surface area (Å²) < 4.78 is 22.9. The molecule has 4 heteroatoms. The molecule has 3 nitrogen and oxygen atoms in total. The van der Waals surface area contributed by atoms with Gasteiger partial charge in [-0.1, -0.05) is 6.07 Å². The van der Waals surface area contributed by atoms with E-state index in [2.05, 4.69) is 0 Å². The van der Waals surface area contributed by atoms with Gasteiger partial charge >= 0.3 is 0 Å². The number of hydrogen-bond acceptors (Lipinski definition) is 3. The molecule has 0 aliphatic carbocycles. The van der Waals surface area contributed by atoms with Crippen LogP contribution < -0.4 is 0 Å². The number of rotatable bonds is 6. The standard InChI is InChI=1S/C12H17FO3/c1-9-7-10(13)3-4-11(9)12(14)8-16-6-5-15-2/h3-4,7,12,14H,5-6,8H2,1-2H3. The summed E-state index contributed by atoms with van der Waals surface area (Å²) in [5.41, 5.74) is 1.42. The fourth-order valence-electron chi connectivity index (χ4n) is 1.44. The Kier molecular flexibility index (Phi) is 5.38. The van der Waals surface area contributed by atoms with E-state index in [0.717, 1.165) is 5.56 Å². The van der Waals surface area contributed by atoms with Crippen LogP contribution in [-0.2, 0) is 9.47 Å². The van der Waals surface area contributed by atoms with Crippen LogP contribution in [0.4, 0.5) is 4.39 Å². The maximum absolute atomic E-state index is 12.8. The largest absolute Gasteiger partial charge is 0.386 e. The molecule has 1 unspecified atom stereocenters. The summed E-state index contributed by atoms with van der Waals surface area (Å²) in [6.07, 6.45) is -0.725. The van der Waals surface area contributed by atoms with Gasteiger partial charge in [-0.2, -0.15) is 0 Å². The lowest BCUT2D eigenvalue weighted by molar-refractivity contribution is 0.0124. The molecular formula is C12H17FO3. The molecule has 0 amide bonds. The maximum Gasteiger partial charge on any atom is 0.123 e. The Morgan fingerprint density at radius 3 is 2.75 bits per heavy atom. The van der Waals surface area contributed by atoms with Crippen molar-refractivity contribution in [2.75, 3.05) is 26.9 Å². The number of aryl methyl sites for hydroxylation is 1. The molecule has 0 spiro atoms. The van der Waals surface area contributed by atoms with Crippen molar-refractivity contribution in [3.63, 3.8) is 0 Å². The number of aliphatic hydroxyl groups is 1. The topological polar surface area (TPSA) is 38.7 Å². The third-order valence-electron chi connectivity index (χ3n) is 2.30. The molecular weight excluding hydrogens is 211 g/mol. The van der Waals surface area contributed by atoms with Gasteiger partial charge in [-0.25, -0.2) is 4.39 Å². The van der Waals surface area contributed by atoms with E-state index in [9.17, 15) is 9.50 Å². The molecule has 0 aromatic heterocycles. The summed E-state index contributed by atoms with van der Waals surface area (Å²) in [6, 6.07) is 4.31. The normalized spacial score (nSPS) is 12.8. The number of ether oxygens (including phenoxy) is 2. The number of hydrogen-bond donors (Lipinski definition) is 1. The lowest BCUT2D eigenvalue weighted by Gasteiger charge is -2.14. The number of halogens is 1. The molecule has 16 heavy (non-hydrogen) atoms. The highest BCUT2D eigenvalue weighted by molar-refractivity contribution is 5.28. The third-order valence-corrected chi connectivity index (χ3v) is 2.30. The van der Waals surface area contributed by atoms with Crippen LogP contribution in [0.2, 0.25) is 0 Å². The molecule has 0 aliphatic rings. The minimum atomic E-state index is -0.725. The van der Waals surface area contributed by atoms with Crippen LogP contribution in [0, 0.1) is 12.7 Å². The van der Waals surface area contributed by atoms with Gasteiger partial charge in [0, 0.05) is 7.11 Å². The van der Waals surface area contributed by atoms with Crippen molar-refractivity contribution in [1.82, 2.24) is 0 Å². The molecule has 1 rings (SSSR count). The summed E-state index contributed by atoms with van der Waals surface area (Å²) in [7, 11) is 1.59. The molecule has 1 N–H and O–H groups in total. The Morgan fingerprint density at radius 2 is 2.12 bits per heavy atom. The number of benzene rings is 1. The summed E-state index contributed by atoms with van der Waals surface area (Å²) >= 11 is 0. The van der Waals surface area contributed by atoms with Crippen molar-refractivity contribution in [1.29, 1.82) is 0 Å². The third kappa shape index (κ3) is 3.89. The zero-order valence-corrected chi connectivity index (χ0v) is 9.57. The van der Waals surface area contributed by atoms with E-state index in [1.54, 1.807) is 20.1 Å². The molecule has 0 radical (unpaired) electrons. The van der Waals surface area contributed by atoms with E-state index in [1.807, 2.05) is 0 Å². The van der Waals surface area contributed by atoms with E-state index < -0.39 is 6.10 Å². The predicted octanol–water partition coefficient (Wildman–Crippen LogP) is 1.83. The lowest BCUT2D eigenvalue weighted by atomic mass is 10.0. The second-order valence-electron chi connectivity index (χ2n) is 3.58. The van der Waals surface area contributed by atoms with Crippen LogP contribution in [0.5, 0.6) is 0 Å². The van der Waals surface area contributed by atoms with Crippen molar-refractivity contribution in [3.8, 4) is 0 Å². The molecule has 0 saturated carbocycles. The highest BCUT2D eigenvalue weighted by Gasteiger charge is 2.10. The van der Waals surface area contributed by atoms with Gasteiger partial charge in [-0.05, 0) is 30.2 Å². The highest BCUT2D eigenvalue weighted by atomic mass is 19.1. The molecule has 0 fully saturated rings. The first-order valence-corrected chi connectivity index (χ1v) is 5.16. The second kappa shape index (κ2) is 6.58. The molecule has 90 valence electrons. The Labute approximate surface area is 94.8 Å². The average molecular weight is 228 g/mol. The van der Waals surface area contributed by atoms with Crippen molar-refractivity contribution < 1.29 is 19.0 Å². The quantitative estimate of drug-likeness (QED) is 0.755.